The second-order valence-corrected chi connectivity index (χ2v) is 3.68. The van der Waals surface area contributed by atoms with Crippen molar-refractivity contribution in [2.75, 3.05) is 18.8 Å². The first-order valence-electron chi connectivity index (χ1n) is 4.28. The lowest BCUT2D eigenvalue weighted by Gasteiger charge is -2.13. The van der Waals surface area contributed by atoms with Crippen molar-refractivity contribution in [3.05, 3.63) is 0 Å². The van der Waals surface area contributed by atoms with Gasteiger partial charge in [0.05, 0.1) is 5.92 Å². The fraction of sp³-hybridized carbons (Fsp3) is 0.875. The van der Waals surface area contributed by atoms with Gasteiger partial charge in [-0.05, 0) is 31.8 Å². The average Bonchev–Trinajstić information content (AvgIpc) is 2.51. The predicted octanol–water partition coefficient (Wildman–Crippen LogP) is 0.617. The van der Waals surface area contributed by atoms with Crippen molar-refractivity contribution in [3.8, 4) is 0 Å². The molecular weight excluding hydrogens is 174 g/mol. The van der Waals surface area contributed by atoms with Crippen molar-refractivity contribution < 1.29 is 9.90 Å². The number of carbonyl (C=O) groups is 1. The van der Waals surface area contributed by atoms with E-state index < -0.39 is 5.97 Å². The van der Waals surface area contributed by atoms with E-state index in [2.05, 4.69) is 17.9 Å². The number of carboxylic acid groups (broad SMARTS) is 1. The average molecular weight is 189 g/mol. The van der Waals surface area contributed by atoms with Gasteiger partial charge in [-0.15, -0.1) is 0 Å². The third-order valence-corrected chi connectivity index (χ3v) is 2.79. The van der Waals surface area contributed by atoms with Crippen molar-refractivity contribution >= 4 is 18.6 Å². The van der Waals surface area contributed by atoms with Crippen molar-refractivity contribution in [1.29, 1.82) is 0 Å². The first kappa shape index (κ1) is 9.86. The summed E-state index contributed by atoms with van der Waals surface area (Å²) in [4.78, 5) is 10.6. The zero-order valence-electron chi connectivity index (χ0n) is 6.99. The summed E-state index contributed by atoms with van der Waals surface area (Å²) >= 11 is 4.03. The Hall–Kier alpha value is -0.220. The van der Waals surface area contributed by atoms with Crippen LogP contribution < -0.4 is 5.32 Å². The van der Waals surface area contributed by atoms with E-state index >= 15 is 0 Å². The van der Waals surface area contributed by atoms with Crippen molar-refractivity contribution in [2.45, 2.75) is 12.8 Å². The first-order valence-corrected chi connectivity index (χ1v) is 4.91. The number of nitrogens with one attached hydrogen (secondary N) is 1. The highest BCUT2D eigenvalue weighted by molar-refractivity contribution is 7.80. The molecule has 1 rings (SSSR count). The summed E-state index contributed by atoms with van der Waals surface area (Å²) in [6.07, 6.45) is 1.88. The Morgan fingerprint density at radius 2 is 2.50 bits per heavy atom. The van der Waals surface area contributed by atoms with E-state index in [9.17, 15) is 4.79 Å². The van der Waals surface area contributed by atoms with Crippen molar-refractivity contribution in [1.82, 2.24) is 5.32 Å². The quantitative estimate of drug-likeness (QED) is 0.568. The third-order valence-electron chi connectivity index (χ3n) is 2.35. The zero-order valence-corrected chi connectivity index (χ0v) is 7.89. The third kappa shape index (κ3) is 2.68. The lowest BCUT2D eigenvalue weighted by atomic mass is 9.95. The van der Waals surface area contributed by atoms with E-state index in [4.69, 9.17) is 5.11 Å². The molecule has 70 valence electrons. The first-order chi connectivity index (χ1) is 5.74. The highest BCUT2D eigenvalue weighted by atomic mass is 32.1. The number of thiol groups is 1. The van der Waals surface area contributed by atoms with Crippen LogP contribution in [-0.4, -0.2) is 29.9 Å². The molecule has 0 aromatic carbocycles. The summed E-state index contributed by atoms with van der Waals surface area (Å²) in [5, 5.41) is 12.0. The Morgan fingerprint density at radius 1 is 1.75 bits per heavy atom. The van der Waals surface area contributed by atoms with Gasteiger partial charge in [0.1, 0.15) is 0 Å². The van der Waals surface area contributed by atoms with Crippen LogP contribution >= 0.6 is 12.6 Å². The Balaban J connectivity index is 2.30. The molecule has 1 aliphatic heterocycles. The zero-order chi connectivity index (χ0) is 8.97. The van der Waals surface area contributed by atoms with Gasteiger partial charge in [-0.3, -0.25) is 4.79 Å². The molecule has 0 saturated carbocycles. The van der Waals surface area contributed by atoms with Crippen LogP contribution in [0.1, 0.15) is 12.8 Å². The molecule has 0 amide bonds. The van der Waals surface area contributed by atoms with E-state index in [0.29, 0.717) is 11.7 Å². The molecule has 1 aliphatic rings. The van der Waals surface area contributed by atoms with Gasteiger partial charge in [-0.2, -0.15) is 12.6 Å². The van der Waals surface area contributed by atoms with Gasteiger partial charge in [0, 0.05) is 5.75 Å². The van der Waals surface area contributed by atoms with Gasteiger partial charge >= 0.3 is 5.97 Å². The molecule has 0 aromatic heterocycles. The van der Waals surface area contributed by atoms with Crippen LogP contribution in [0, 0.1) is 11.8 Å². The summed E-state index contributed by atoms with van der Waals surface area (Å²) in [5.41, 5.74) is 0. The van der Waals surface area contributed by atoms with Crippen LogP contribution in [-0.2, 0) is 4.79 Å². The molecule has 2 unspecified atom stereocenters. The predicted molar refractivity (Wildman–Crippen MR) is 50.6 cm³/mol. The van der Waals surface area contributed by atoms with Crippen LogP contribution in [0.3, 0.4) is 0 Å². The molecule has 1 heterocycles. The van der Waals surface area contributed by atoms with Crippen LogP contribution in [0.25, 0.3) is 0 Å². The standard InChI is InChI=1S/C8H15NO2S/c10-8(11)7(5-12)3-6-1-2-9-4-6/h6-7,9,12H,1-5H2,(H,10,11). The van der Waals surface area contributed by atoms with Gasteiger partial charge < -0.3 is 10.4 Å². The minimum absolute atomic E-state index is 0.266. The molecule has 2 N–H and O–H groups in total. The van der Waals surface area contributed by atoms with E-state index in [1.165, 1.54) is 0 Å². The summed E-state index contributed by atoms with van der Waals surface area (Å²) in [6.45, 7) is 2.00. The van der Waals surface area contributed by atoms with E-state index in [0.717, 1.165) is 25.9 Å². The lowest BCUT2D eigenvalue weighted by Crippen LogP contribution is -2.20. The van der Waals surface area contributed by atoms with Gasteiger partial charge in [-0.25, -0.2) is 0 Å². The topological polar surface area (TPSA) is 49.3 Å². The summed E-state index contributed by atoms with van der Waals surface area (Å²) in [5.74, 6) is 0.0135. The normalized spacial score (nSPS) is 25.6. The molecule has 2 atom stereocenters. The number of carboxylic acids is 1. The van der Waals surface area contributed by atoms with Crippen LogP contribution in [0.2, 0.25) is 0 Å². The molecule has 0 radical (unpaired) electrons. The molecule has 0 spiro atoms. The highest BCUT2D eigenvalue weighted by Crippen LogP contribution is 2.19. The van der Waals surface area contributed by atoms with Gasteiger partial charge in [0.25, 0.3) is 0 Å². The van der Waals surface area contributed by atoms with Gasteiger partial charge in [-0.1, -0.05) is 0 Å². The SMILES string of the molecule is O=C(O)C(CS)CC1CCNC1. The Labute approximate surface area is 77.9 Å². The maximum atomic E-state index is 10.6. The fourth-order valence-corrected chi connectivity index (χ4v) is 1.88. The van der Waals surface area contributed by atoms with Crippen LogP contribution in [0.4, 0.5) is 0 Å². The largest absolute Gasteiger partial charge is 0.481 e. The van der Waals surface area contributed by atoms with E-state index in [1.54, 1.807) is 0 Å². The highest BCUT2D eigenvalue weighted by Gasteiger charge is 2.23. The Morgan fingerprint density at radius 3 is 2.92 bits per heavy atom. The molecule has 3 nitrogen and oxygen atoms in total. The van der Waals surface area contributed by atoms with Crippen molar-refractivity contribution in [2.24, 2.45) is 11.8 Å². The second-order valence-electron chi connectivity index (χ2n) is 3.31. The molecule has 4 heteroatoms. The van der Waals surface area contributed by atoms with E-state index in [1.807, 2.05) is 0 Å². The molecule has 1 fully saturated rings. The Bertz CT molecular complexity index is 157. The smallest absolute Gasteiger partial charge is 0.307 e. The van der Waals surface area contributed by atoms with Gasteiger partial charge in [0.15, 0.2) is 0 Å². The molecule has 0 aliphatic carbocycles. The van der Waals surface area contributed by atoms with Crippen LogP contribution in [0.15, 0.2) is 0 Å². The maximum Gasteiger partial charge on any atom is 0.307 e. The molecule has 1 saturated heterocycles. The number of hydrogen-bond donors (Lipinski definition) is 3. The van der Waals surface area contributed by atoms with Gasteiger partial charge in [0.2, 0.25) is 0 Å². The minimum atomic E-state index is -0.711. The molecule has 0 aromatic rings. The van der Waals surface area contributed by atoms with Crippen LogP contribution in [0.5, 0.6) is 0 Å². The second kappa shape index (κ2) is 4.72. The maximum absolute atomic E-state index is 10.6. The molecule has 12 heavy (non-hydrogen) atoms. The minimum Gasteiger partial charge on any atom is -0.481 e. The van der Waals surface area contributed by atoms with E-state index in [-0.39, 0.29) is 5.92 Å². The lowest BCUT2D eigenvalue weighted by molar-refractivity contribution is -0.141. The number of hydrogen-bond acceptors (Lipinski definition) is 3. The molecular formula is C8H15NO2S. The monoisotopic (exact) mass is 189 g/mol. The number of aliphatic carboxylic acids is 1. The summed E-state index contributed by atoms with van der Waals surface area (Å²) in [6, 6.07) is 0. The number of rotatable bonds is 4. The fourth-order valence-electron chi connectivity index (χ4n) is 1.57. The summed E-state index contributed by atoms with van der Waals surface area (Å²) < 4.78 is 0. The van der Waals surface area contributed by atoms with Crippen molar-refractivity contribution in [3.63, 3.8) is 0 Å². The Kier molecular flexibility index (Phi) is 3.88. The molecule has 0 bridgehead atoms. The summed E-state index contributed by atoms with van der Waals surface area (Å²) in [7, 11) is 0.